The van der Waals surface area contributed by atoms with Crippen LogP contribution in [0.4, 0.5) is 0 Å². The number of amides is 9. The van der Waals surface area contributed by atoms with Crippen LogP contribution in [0, 0.1) is 17.8 Å². The Morgan fingerprint density at radius 1 is 0.543 bits per heavy atom. The predicted octanol–water partition coefficient (Wildman–Crippen LogP) is -4.35. The van der Waals surface area contributed by atoms with Crippen LogP contribution in [0.3, 0.4) is 0 Å². The minimum Gasteiger partial charge on any atom is -0.480 e. The molecule has 31 heteroatoms. The molecule has 0 aromatic heterocycles. The van der Waals surface area contributed by atoms with Crippen LogP contribution in [0.1, 0.15) is 132 Å². The van der Waals surface area contributed by atoms with Gasteiger partial charge >= 0.3 is 14.1 Å². The fourth-order valence-electron chi connectivity index (χ4n) is 9.40. The largest absolute Gasteiger partial charge is 0.567 e. The molecule has 2 rings (SSSR count). The molecular weight excluding hydrogens is 1080 g/mol. The SMILES string of the molecule is CC(C)[C@H](NC(=O)[C@H](C)NC(=O)[C@@H](NC(=O)[C@@H](N)CCCCN)C(C)C)C(=O)N[C@H](C(=O)N[C@@H](CCCNC(N)N)C(=O)N[C@H](C(=O)N1CCC[C@H]1C(=O)N1CCC[C@H]1C(=O)N[C@@H](CCCCN)C(=O)O)[C@@H](C)O[P+](O)(O)O)C(C)C. The maximum absolute atomic E-state index is 14.7. The molecule has 0 saturated carbocycles. The van der Waals surface area contributed by atoms with Gasteiger partial charge in [0.2, 0.25) is 53.2 Å². The molecule has 0 radical (unpaired) electrons. The van der Waals surface area contributed by atoms with E-state index < -0.39 is 158 Å². The number of carboxylic acids is 1. The van der Waals surface area contributed by atoms with Crippen LogP contribution in [-0.2, 0) is 52.5 Å². The number of aliphatic carboxylic acids is 1. The molecular formula is C50H95N15O15P+. The van der Waals surface area contributed by atoms with Gasteiger partial charge in [0, 0.05) is 13.1 Å². The zero-order valence-electron chi connectivity index (χ0n) is 48.2. The summed E-state index contributed by atoms with van der Waals surface area (Å²) < 4.78 is 5.04. The lowest BCUT2D eigenvalue weighted by atomic mass is 9.98. The van der Waals surface area contributed by atoms with Gasteiger partial charge in [-0.05, 0) is 122 Å². The van der Waals surface area contributed by atoms with Crippen molar-refractivity contribution in [3.05, 3.63) is 0 Å². The quantitative estimate of drug-likeness (QED) is 0.0160. The summed E-state index contributed by atoms with van der Waals surface area (Å²) in [5.41, 5.74) is 28.4. The van der Waals surface area contributed by atoms with E-state index in [-0.39, 0.29) is 58.2 Å². The molecule has 81 heavy (non-hydrogen) atoms. The summed E-state index contributed by atoms with van der Waals surface area (Å²) in [5.74, 6) is -9.88. The number of hydrogen-bond donors (Lipinski definition) is 17. The molecule has 0 aromatic rings. The van der Waals surface area contributed by atoms with Crippen LogP contribution in [0.5, 0.6) is 0 Å². The number of carboxylic acid groups (broad SMARTS) is 1. The van der Waals surface area contributed by atoms with Crippen molar-refractivity contribution >= 4 is 67.3 Å². The fourth-order valence-corrected chi connectivity index (χ4v) is 9.96. The first kappa shape index (κ1) is 71.8. The molecule has 2 saturated heterocycles. The predicted molar refractivity (Wildman–Crippen MR) is 298 cm³/mol. The van der Waals surface area contributed by atoms with Crippen LogP contribution in [0.25, 0.3) is 0 Å². The average molecular weight is 1180 g/mol. The number of likely N-dealkylation sites (tertiary alicyclic amines) is 2. The smallest absolute Gasteiger partial charge is 0.480 e. The lowest BCUT2D eigenvalue weighted by Gasteiger charge is -2.34. The second-order valence-corrected chi connectivity index (χ2v) is 23.1. The summed E-state index contributed by atoms with van der Waals surface area (Å²) in [6, 6.07) is -12.7. The highest BCUT2D eigenvalue weighted by molar-refractivity contribution is 7.53. The van der Waals surface area contributed by atoms with Crippen molar-refractivity contribution < 1.29 is 72.3 Å². The van der Waals surface area contributed by atoms with E-state index in [1.807, 2.05) is 0 Å². The van der Waals surface area contributed by atoms with E-state index in [2.05, 4.69) is 42.5 Å². The highest BCUT2D eigenvalue weighted by Gasteiger charge is 2.48. The number of nitrogens with zero attached hydrogens (tertiary/aromatic N) is 2. The van der Waals surface area contributed by atoms with Gasteiger partial charge in [-0.3, -0.25) is 48.5 Å². The van der Waals surface area contributed by atoms with Gasteiger partial charge < -0.3 is 80.8 Å². The fraction of sp³-hybridized carbons (Fsp3) is 0.800. The molecule has 22 N–H and O–H groups in total. The van der Waals surface area contributed by atoms with E-state index in [1.165, 1.54) is 11.8 Å². The van der Waals surface area contributed by atoms with E-state index in [1.54, 1.807) is 41.5 Å². The maximum Gasteiger partial charge on any atom is 0.567 e. The van der Waals surface area contributed by atoms with Crippen molar-refractivity contribution in [1.29, 1.82) is 0 Å². The highest BCUT2D eigenvalue weighted by atomic mass is 31.2. The minimum absolute atomic E-state index is 0.0460. The number of hydrogen-bond acceptors (Lipinski definition) is 20. The summed E-state index contributed by atoms with van der Waals surface area (Å²) in [7, 11) is -5.11. The van der Waals surface area contributed by atoms with Crippen molar-refractivity contribution in [1.82, 2.24) is 52.3 Å². The van der Waals surface area contributed by atoms with Crippen molar-refractivity contribution in [3.8, 4) is 0 Å². The van der Waals surface area contributed by atoms with Crippen molar-refractivity contribution in [2.45, 2.75) is 205 Å². The summed E-state index contributed by atoms with van der Waals surface area (Å²) in [5, 5.41) is 30.7. The number of carbonyl (C=O) groups excluding carboxylic acids is 9. The molecule has 2 fully saturated rings. The summed E-state index contributed by atoms with van der Waals surface area (Å²) in [6.07, 6.45) is 1.01. The van der Waals surface area contributed by atoms with Crippen molar-refractivity contribution in [3.63, 3.8) is 0 Å². The maximum atomic E-state index is 14.7. The van der Waals surface area contributed by atoms with E-state index in [4.69, 9.17) is 33.2 Å². The molecule has 9 amide bonds. The Kier molecular flexibility index (Phi) is 31.0. The third-order valence-electron chi connectivity index (χ3n) is 14.0. The first-order valence-electron chi connectivity index (χ1n) is 28.0. The van der Waals surface area contributed by atoms with Crippen molar-refractivity contribution in [2.24, 2.45) is 46.4 Å². The molecule has 0 bridgehead atoms. The first-order chi connectivity index (χ1) is 37.9. The van der Waals surface area contributed by atoms with E-state index >= 15 is 0 Å². The van der Waals surface area contributed by atoms with Gasteiger partial charge in [-0.25, -0.2) is 4.79 Å². The van der Waals surface area contributed by atoms with E-state index in [9.17, 15) is 67.7 Å². The van der Waals surface area contributed by atoms with Crippen molar-refractivity contribution in [2.75, 3.05) is 32.7 Å². The van der Waals surface area contributed by atoms with Crippen LogP contribution >= 0.6 is 8.17 Å². The molecule has 0 aromatic carbocycles. The Balaban J connectivity index is 2.39. The Morgan fingerprint density at radius 2 is 1.01 bits per heavy atom. The Labute approximate surface area is 475 Å². The lowest BCUT2D eigenvalue weighted by Crippen LogP contribution is -2.62. The zero-order valence-corrected chi connectivity index (χ0v) is 49.1. The molecule has 464 valence electrons. The summed E-state index contributed by atoms with van der Waals surface area (Å²) in [6.45, 7) is 13.4. The van der Waals surface area contributed by atoms with Gasteiger partial charge in [-0.2, -0.15) is 14.7 Å². The number of carbonyl (C=O) groups is 10. The van der Waals surface area contributed by atoms with Gasteiger partial charge in [0.15, 0.2) is 0 Å². The van der Waals surface area contributed by atoms with Gasteiger partial charge in [0.05, 0.1) is 6.04 Å². The van der Waals surface area contributed by atoms with Gasteiger partial charge in [-0.1, -0.05) is 48.0 Å². The second kappa shape index (κ2) is 35.0. The molecule has 0 aliphatic carbocycles. The topological polar surface area (TPSA) is 494 Å². The van der Waals surface area contributed by atoms with Crippen LogP contribution in [-0.4, -0.2) is 194 Å². The van der Waals surface area contributed by atoms with E-state index in [0.29, 0.717) is 51.6 Å². The third-order valence-corrected chi connectivity index (χ3v) is 14.7. The Hall–Kier alpha value is -5.27. The molecule has 2 aliphatic heterocycles. The number of nitrogens with one attached hydrogen (secondary N) is 8. The highest BCUT2D eigenvalue weighted by Crippen LogP contribution is 2.47. The van der Waals surface area contributed by atoms with Crippen LogP contribution in [0.15, 0.2) is 0 Å². The molecule has 2 aliphatic rings. The molecule has 0 spiro atoms. The monoisotopic (exact) mass is 1180 g/mol. The summed E-state index contributed by atoms with van der Waals surface area (Å²) >= 11 is 0. The Morgan fingerprint density at radius 3 is 1.53 bits per heavy atom. The van der Waals surface area contributed by atoms with Crippen LogP contribution in [0.2, 0.25) is 0 Å². The average Bonchev–Trinajstić information content (AvgIpc) is 4.25. The third kappa shape index (κ3) is 23.9. The standard InChI is InChI=1S/C50H94N15O15P/c1-26(2)36(61-41(67)31(53)16-9-11-21-51)44(70)57-29(7)40(66)60-38(28(5)6)46(72)62-37(27(3)4)45(71)58-32(18-13-23-56-50(54)55)42(68)63-39(30(8)80-81(77,78)79)48(74)65-25-15-20-35(65)47(73)64-24-14-19-34(64)43(69)59-33(49(75)76)17-10-12-22-52/h26-39,50,56,77-79H,9-25,51-55H2,1-8H3,(H7-,57,58,59,60,61,62,63,66,67,68,69,70,71,72,75,76)/p+1/t29-,30+,31-,32-,33-,34-,35-,36-,37-,38-,39-/m0/s1. The van der Waals surface area contributed by atoms with Gasteiger partial charge in [0.1, 0.15) is 66.8 Å². The Bertz CT molecular complexity index is 2100. The van der Waals surface area contributed by atoms with Crippen LogP contribution < -0.4 is 71.2 Å². The molecule has 30 nitrogen and oxygen atoms in total. The van der Waals surface area contributed by atoms with E-state index in [0.717, 1.165) is 11.8 Å². The molecule has 0 unspecified atom stereocenters. The number of nitrogens with two attached hydrogens (primary N) is 5. The summed E-state index contributed by atoms with van der Waals surface area (Å²) in [4.78, 5) is 170. The molecule has 2 heterocycles. The minimum atomic E-state index is -5.11. The van der Waals surface area contributed by atoms with Gasteiger partial charge in [-0.15, -0.1) is 4.52 Å². The number of rotatable bonds is 36. The van der Waals surface area contributed by atoms with Gasteiger partial charge in [0.25, 0.3) is 0 Å². The number of unbranched alkanes of at least 4 members (excludes halogenated alkanes) is 2. The first-order valence-corrected chi connectivity index (χ1v) is 29.6. The normalized spacial score (nSPS) is 19.0. The molecule has 11 atom stereocenters. The second-order valence-electron chi connectivity index (χ2n) is 21.9. The lowest BCUT2D eigenvalue weighted by molar-refractivity contribution is -0.150. The zero-order chi connectivity index (χ0) is 61.5.